The molecule has 0 aliphatic carbocycles. The number of halogens is 3. The van der Waals surface area contributed by atoms with Crippen LogP contribution in [0.5, 0.6) is 0 Å². The molecule has 7 heteroatoms. The molecule has 3 N–H and O–H groups in total. The van der Waals surface area contributed by atoms with E-state index in [2.05, 4.69) is 5.32 Å². The minimum Gasteiger partial charge on any atom is -0.364 e. The summed E-state index contributed by atoms with van der Waals surface area (Å²) in [5, 5.41) is 2.77. The Hall–Kier alpha value is -2.02. The Balaban J connectivity index is 0.00000225. The standard InChI is InChI=1S/C18H18F2N2O2.ClH/c19-12-3-1-11(2-4-12)15-9-13(20)5-7-16(15)22-18(23)17-8-6-14(10-21)24-17;/h1-5,7,9,14,17H,6,8,10,21H2,(H,22,23);1H/t14-,17+;/m1./s1. The molecule has 1 fully saturated rings. The third-order valence-electron chi connectivity index (χ3n) is 4.06. The summed E-state index contributed by atoms with van der Waals surface area (Å²) in [5.74, 6) is -1.11. The average Bonchev–Trinajstić information content (AvgIpc) is 3.06. The van der Waals surface area contributed by atoms with E-state index in [4.69, 9.17) is 10.5 Å². The number of hydrogen-bond donors (Lipinski definition) is 2. The normalized spacial score (nSPS) is 19.3. The maximum Gasteiger partial charge on any atom is 0.253 e. The van der Waals surface area contributed by atoms with Crippen molar-refractivity contribution >= 4 is 24.0 Å². The largest absolute Gasteiger partial charge is 0.364 e. The van der Waals surface area contributed by atoms with Gasteiger partial charge in [-0.15, -0.1) is 12.4 Å². The van der Waals surface area contributed by atoms with Gasteiger partial charge in [0.25, 0.3) is 5.91 Å². The SMILES string of the molecule is Cl.NC[C@H]1CC[C@@H](C(=O)Nc2ccc(F)cc2-c2ccc(F)cc2)O1. The quantitative estimate of drug-likeness (QED) is 0.868. The zero-order valence-corrected chi connectivity index (χ0v) is 14.2. The molecular weight excluding hydrogens is 350 g/mol. The lowest BCUT2D eigenvalue weighted by atomic mass is 10.0. The molecule has 1 heterocycles. The van der Waals surface area contributed by atoms with Gasteiger partial charge < -0.3 is 15.8 Å². The fourth-order valence-electron chi connectivity index (χ4n) is 2.78. The number of anilines is 1. The van der Waals surface area contributed by atoms with Gasteiger partial charge in [0.05, 0.1) is 6.10 Å². The summed E-state index contributed by atoms with van der Waals surface area (Å²) in [6, 6.07) is 9.71. The van der Waals surface area contributed by atoms with Gasteiger partial charge >= 0.3 is 0 Å². The number of carbonyl (C=O) groups excluding carboxylic acids is 1. The van der Waals surface area contributed by atoms with Crippen molar-refractivity contribution < 1.29 is 18.3 Å². The zero-order valence-electron chi connectivity index (χ0n) is 13.4. The number of benzene rings is 2. The van der Waals surface area contributed by atoms with Crippen molar-refractivity contribution in [3.05, 3.63) is 54.1 Å². The predicted octanol–water partition coefficient (Wildman–Crippen LogP) is 3.50. The maximum absolute atomic E-state index is 13.6. The average molecular weight is 369 g/mol. The van der Waals surface area contributed by atoms with Crippen LogP contribution < -0.4 is 11.1 Å². The smallest absolute Gasteiger partial charge is 0.253 e. The molecule has 0 radical (unpaired) electrons. The molecule has 3 rings (SSSR count). The van der Waals surface area contributed by atoms with Crippen LogP contribution >= 0.6 is 12.4 Å². The third kappa shape index (κ3) is 4.54. The van der Waals surface area contributed by atoms with E-state index >= 15 is 0 Å². The van der Waals surface area contributed by atoms with E-state index in [1.807, 2.05) is 0 Å². The minimum atomic E-state index is -0.565. The van der Waals surface area contributed by atoms with Crippen molar-refractivity contribution in [1.82, 2.24) is 0 Å². The van der Waals surface area contributed by atoms with E-state index in [0.29, 0.717) is 29.8 Å². The molecule has 0 saturated carbocycles. The molecule has 0 spiro atoms. The first-order chi connectivity index (χ1) is 11.6. The van der Waals surface area contributed by atoms with Gasteiger partial charge in [-0.1, -0.05) is 12.1 Å². The molecule has 4 nitrogen and oxygen atoms in total. The summed E-state index contributed by atoms with van der Waals surface area (Å²) in [5.41, 5.74) is 7.09. The van der Waals surface area contributed by atoms with Gasteiger partial charge in [-0.05, 0) is 48.7 Å². The van der Waals surface area contributed by atoms with Gasteiger partial charge in [0.1, 0.15) is 17.7 Å². The van der Waals surface area contributed by atoms with Crippen LogP contribution in [-0.4, -0.2) is 24.7 Å². The van der Waals surface area contributed by atoms with Crippen molar-refractivity contribution in [3.8, 4) is 11.1 Å². The lowest BCUT2D eigenvalue weighted by Crippen LogP contribution is -2.30. The minimum absolute atomic E-state index is 0. The molecule has 1 amide bonds. The second kappa shape index (κ2) is 8.38. The van der Waals surface area contributed by atoms with Gasteiger partial charge in [0.2, 0.25) is 0 Å². The molecular formula is C18H19ClF2N2O2. The summed E-state index contributed by atoms with van der Waals surface area (Å²) in [6.45, 7) is 0.376. The number of nitrogens with two attached hydrogens (primary N) is 1. The zero-order chi connectivity index (χ0) is 17.1. The number of carbonyl (C=O) groups is 1. The molecule has 0 unspecified atom stereocenters. The molecule has 134 valence electrons. The Bertz CT molecular complexity index is 740. The first-order valence-electron chi connectivity index (χ1n) is 7.78. The van der Waals surface area contributed by atoms with Crippen molar-refractivity contribution in [2.24, 2.45) is 5.73 Å². The maximum atomic E-state index is 13.6. The van der Waals surface area contributed by atoms with E-state index in [1.165, 1.54) is 42.5 Å². The molecule has 1 aliphatic heterocycles. The summed E-state index contributed by atoms with van der Waals surface area (Å²) < 4.78 is 32.3. The number of ether oxygens (including phenoxy) is 1. The van der Waals surface area contributed by atoms with E-state index in [9.17, 15) is 13.6 Å². The van der Waals surface area contributed by atoms with Crippen LogP contribution in [0, 0.1) is 11.6 Å². The number of amides is 1. The Morgan fingerprint density at radius 2 is 1.80 bits per heavy atom. The lowest BCUT2D eigenvalue weighted by molar-refractivity contribution is -0.126. The van der Waals surface area contributed by atoms with Gasteiger partial charge in [-0.3, -0.25) is 4.79 Å². The van der Waals surface area contributed by atoms with Crippen LogP contribution in [-0.2, 0) is 9.53 Å². The third-order valence-corrected chi connectivity index (χ3v) is 4.06. The summed E-state index contributed by atoms with van der Waals surface area (Å²) in [4.78, 5) is 12.4. The Labute approximate surface area is 150 Å². The Morgan fingerprint density at radius 1 is 1.12 bits per heavy atom. The second-order valence-electron chi connectivity index (χ2n) is 5.75. The second-order valence-corrected chi connectivity index (χ2v) is 5.75. The summed E-state index contributed by atoms with van der Waals surface area (Å²) >= 11 is 0. The highest BCUT2D eigenvalue weighted by atomic mass is 35.5. The van der Waals surface area contributed by atoms with Crippen LogP contribution in [0.25, 0.3) is 11.1 Å². The van der Waals surface area contributed by atoms with Crippen molar-refractivity contribution in [2.45, 2.75) is 25.0 Å². The van der Waals surface area contributed by atoms with E-state index in [-0.39, 0.29) is 30.2 Å². The van der Waals surface area contributed by atoms with E-state index in [1.54, 1.807) is 0 Å². The molecule has 1 saturated heterocycles. The fourth-order valence-corrected chi connectivity index (χ4v) is 2.78. The van der Waals surface area contributed by atoms with Crippen LogP contribution in [0.4, 0.5) is 14.5 Å². The molecule has 0 aromatic heterocycles. The van der Waals surface area contributed by atoms with Gasteiger partial charge in [0, 0.05) is 17.8 Å². The Morgan fingerprint density at radius 3 is 2.44 bits per heavy atom. The molecule has 2 atom stereocenters. The topological polar surface area (TPSA) is 64.4 Å². The van der Waals surface area contributed by atoms with Crippen LogP contribution in [0.15, 0.2) is 42.5 Å². The highest BCUT2D eigenvalue weighted by Gasteiger charge is 2.30. The summed E-state index contributed by atoms with van der Waals surface area (Å²) in [7, 11) is 0. The molecule has 25 heavy (non-hydrogen) atoms. The van der Waals surface area contributed by atoms with Crippen molar-refractivity contribution in [3.63, 3.8) is 0 Å². The number of rotatable bonds is 4. The highest BCUT2D eigenvalue weighted by Crippen LogP contribution is 2.30. The molecule has 0 bridgehead atoms. The molecule has 1 aliphatic rings. The van der Waals surface area contributed by atoms with Crippen molar-refractivity contribution in [2.75, 3.05) is 11.9 Å². The summed E-state index contributed by atoms with van der Waals surface area (Å²) in [6.07, 6.45) is 0.666. The molecule has 2 aromatic rings. The van der Waals surface area contributed by atoms with Gasteiger partial charge in [-0.25, -0.2) is 8.78 Å². The molecule has 2 aromatic carbocycles. The monoisotopic (exact) mass is 368 g/mol. The van der Waals surface area contributed by atoms with Crippen LogP contribution in [0.1, 0.15) is 12.8 Å². The van der Waals surface area contributed by atoms with Crippen LogP contribution in [0.3, 0.4) is 0 Å². The van der Waals surface area contributed by atoms with E-state index < -0.39 is 11.9 Å². The lowest BCUT2D eigenvalue weighted by Gasteiger charge is -2.15. The first kappa shape index (κ1) is 19.3. The van der Waals surface area contributed by atoms with E-state index in [0.717, 1.165) is 6.42 Å². The van der Waals surface area contributed by atoms with Gasteiger partial charge in [0.15, 0.2) is 0 Å². The number of hydrogen-bond acceptors (Lipinski definition) is 3. The predicted molar refractivity (Wildman–Crippen MR) is 94.6 cm³/mol. The Kier molecular flexibility index (Phi) is 6.47. The highest BCUT2D eigenvalue weighted by molar-refractivity contribution is 5.98. The first-order valence-corrected chi connectivity index (χ1v) is 7.78. The van der Waals surface area contributed by atoms with Gasteiger partial charge in [-0.2, -0.15) is 0 Å². The van der Waals surface area contributed by atoms with Crippen molar-refractivity contribution in [1.29, 1.82) is 0 Å². The number of nitrogens with one attached hydrogen (secondary N) is 1. The van der Waals surface area contributed by atoms with Crippen LogP contribution in [0.2, 0.25) is 0 Å². The fraction of sp³-hybridized carbons (Fsp3) is 0.278.